The van der Waals surface area contributed by atoms with Crippen LogP contribution in [0, 0.1) is 34.9 Å². The highest BCUT2D eigenvalue weighted by Gasteiger charge is 2.52. The van der Waals surface area contributed by atoms with Gasteiger partial charge in [0.15, 0.2) is 17.5 Å². The van der Waals surface area contributed by atoms with Crippen molar-refractivity contribution in [3.8, 4) is 33.8 Å². The van der Waals surface area contributed by atoms with Gasteiger partial charge in [0.05, 0.1) is 67.5 Å². The van der Waals surface area contributed by atoms with Crippen LogP contribution in [0.4, 0.5) is 61.6 Å². The third-order valence-corrected chi connectivity index (χ3v) is 25.4. The second-order valence-electron chi connectivity index (χ2n) is 30.5. The van der Waals surface area contributed by atoms with Gasteiger partial charge in [-0.1, -0.05) is 127 Å². The molecule has 604 valence electrons. The van der Waals surface area contributed by atoms with E-state index < -0.39 is 34.9 Å². The molecule has 6 atom stereocenters. The SMILES string of the molecule is C=CC(=O)N1CC[C@@H]2[C@H]1CN2c1nc(N(C)CC)nc2c(F)c(-c3cccc4ccc(F)c(Cl)c34)ncc12.C=CC(=O)N1CC[C@@H]2[C@H]1CN2c1nc(N(CC)CC)nc2c(F)c(-c3cccc4ccc(F)c(Cl)c34)ncc12.C=CC(=O)N1CC[C@@H]2[C@H]1CN2c1nc(N2CC(N(C)C)C2)nc2c(F)c(-c3cccc4ccc(F)c(Cl)c34)ncc12. The van der Waals surface area contributed by atoms with Crippen molar-refractivity contribution in [2.75, 3.05) is 123 Å². The van der Waals surface area contributed by atoms with Crippen LogP contribution in [0.3, 0.4) is 0 Å². The molecule has 6 aromatic carbocycles. The zero-order valence-corrected chi connectivity index (χ0v) is 67.6. The van der Waals surface area contributed by atoms with E-state index >= 15 is 13.2 Å². The Bertz CT molecular complexity index is 6180. The van der Waals surface area contributed by atoms with E-state index in [4.69, 9.17) is 54.7 Å². The van der Waals surface area contributed by atoms with Gasteiger partial charge in [-0.05, 0) is 107 Å². The van der Waals surface area contributed by atoms with E-state index in [1.54, 1.807) is 91.4 Å². The summed E-state index contributed by atoms with van der Waals surface area (Å²) in [4.78, 5) is 98.8. The number of hydrogen-bond donors (Lipinski definition) is 0. The number of pyridine rings is 3. The van der Waals surface area contributed by atoms with Crippen LogP contribution in [-0.4, -0.2) is 218 Å². The highest BCUT2D eigenvalue weighted by atomic mass is 35.5. The van der Waals surface area contributed by atoms with Crippen molar-refractivity contribution in [2.45, 2.75) is 82.3 Å². The molecule has 7 aliphatic heterocycles. The fourth-order valence-corrected chi connectivity index (χ4v) is 18.5. The fourth-order valence-electron chi connectivity index (χ4n) is 17.6. The van der Waals surface area contributed by atoms with Crippen molar-refractivity contribution in [3.63, 3.8) is 0 Å². The van der Waals surface area contributed by atoms with E-state index in [1.807, 2.05) is 71.3 Å². The topological polar surface area (TPSA) is 200 Å². The number of likely N-dealkylation sites (N-methyl/N-ethyl adjacent to an activating group) is 1. The summed E-state index contributed by atoms with van der Waals surface area (Å²) in [6, 6.07) is 25.2. The van der Waals surface area contributed by atoms with E-state index in [0.717, 1.165) is 32.4 Å². The Morgan fingerprint density at radius 2 is 0.788 bits per heavy atom. The largest absolute Gasteiger partial charge is 0.349 e. The number of nitrogens with zero attached hydrogens (tertiary/aromatic N) is 19. The molecule has 7 saturated heterocycles. The number of halogens is 9. The van der Waals surface area contributed by atoms with Gasteiger partial charge in [0, 0.05) is 137 Å². The van der Waals surface area contributed by atoms with Crippen LogP contribution in [0.1, 0.15) is 40.0 Å². The lowest BCUT2D eigenvalue weighted by atomic mass is 9.96. The zero-order chi connectivity index (χ0) is 82.7. The van der Waals surface area contributed by atoms with E-state index in [2.05, 4.69) is 64.3 Å². The Balaban J connectivity index is 0.000000127. The zero-order valence-electron chi connectivity index (χ0n) is 65.3. The Labute approximate surface area is 690 Å². The molecule has 0 aliphatic carbocycles. The van der Waals surface area contributed by atoms with Crippen LogP contribution < -0.4 is 29.4 Å². The number of likely N-dealkylation sites (tertiary alicyclic amines) is 3. The minimum absolute atomic E-state index is 0.0375. The summed E-state index contributed by atoms with van der Waals surface area (Å²) in [5.74, 6) is -0.834. The van der Waals surface area contributed by atoms with Gasteiger partial charge in [0.25, 0.3) is 0 Å². The maximum Gasteiger partial charge on any atom is 0.246 e. The van der Waals surface area contributed by atoms with Crippen molar-refractivity contribution in [2.24, 2.45) is 0 Å². The Morgan fingerprint density at radius 1 is 0.441 bits per heavy atom. The molecule has 0 bridgehead atoms. The van der Waals surface area contributed by atoms with Crippen molar-refractivity contribution in [3.05, 3.63) is 198 Å². The molecule has 19 rings (SSSR count). The number of fused-ring (bicyclic) bond motifs is 9. The van der Waals surface area contributed by atoms with Crippen LogP contribution in [0.2, 0.25) is 15.1 Å². The number of aromatic nitrogens is 9. The van der Waals surface area contributed by atoms with Crippen molar-refractivity contribution in [1.29, 1.82) is 0 Å². The van der Waals surface area contributed by atoms with Gasteiger partial charge >= 0.3 is 0 Å². The Morgan fingerprint density at radius 3 is 1.14 bits per heavy atom. The normalized spacial score (nSPS) is 19.2. The lowest BCUT2D eigenvalue weighted by molar-refractivity contribution is -0.128. The maximum absolute atomic E-state index is 16.5. The van der Waals surface area contributed by atoms with Gasteiger partial charge in [-0.3, -0.25) is 29.3 Å². The predicted molar refractivity (Wildman–Crippen MR) is 452 cm³/mol. The summed E-state index contributed by atoms with van der Waals surface area (Å²) < 4.78 is 92.5. The summed E-state index contributed by atoms with van der Waals surface area (Å²) >= 11 is 19.0. The van der Waals surface area contributed by atoms with Crippen molar-refractivity contribution in [1.82, 2.24) is 64.5 Å². The minimum Gasteiger partial charge on any atom is -0.349 e. The van der Waals surface area contributed by atoms with Gasteiger partial charge in [0.1, 0.15) is 68.5 Å². The average Bonchev–Trinajstić information content (AvgIpc) is 1.39. The number of carbonyl (C=O) groups excluding carboxylic acids is 3. The smallest absolute Gasteiger partial charge is 0.246 e. The van der Waals surface area contributed by atoms with Gasteiger partial charge in [-0.2, -0.15) is 15.0 Å². The molecule has 0 unspecified atom stereocenters. The van der Waals surface area contributed by atoms with Crippen LogP contribution in [0.15, 0.2) is 148 Å². The van der Waals surface area contributed by atoms with E-state index in [0.29, 0.717) is 165 Å². The number of benzene rings is 6. The molecule has 3 amide bonds. The Kier molecular flexibility index (Phi) is 21.0. The number of carbonyl (C=O) groups is 3. The second-order valence-corrected chi connectivity index (χ2v) is 31.7. The first-order chi connectivity index (χ1) is 57.0. The molecule has 22 nitrogen and oxygen atoms in total. The number of anilines is 6. The monoisotopic (exact) mass is 1660 g/mol. The molecule has 7 fully saturated rings. The standard InChI is InChI=1S/C30H28ClF2N7O.C29H27ClF2N6O.C28H25ClF2N6O/c1-4-23(41)39-11-10-21-22(39)15-40(21)29-19-12-34-27(18-7-5-6-16-8-9-20(32)25(31)24(16)18)26(33)28(19)35-30(36-29)38-13-17(14-38)37(2)3;1-4-22(39)37-13-12-20-21(37)15-38(20)28-18-14-33-26(25(32)27(18)34-29(35-28)36(5-2)6-3)17-9-7-8-16-10-11-19(31)24(30)23(16)17;1-4-21(38)36-12-11-19-20(36)14-37(19)27-17-13-32-25(24(31)26(17)33-28(34-27)35(3)5-2)16-8-6-7-15-9-10-18(30)23(29)22(15)16/h4-9,12,17,21-22H,1,10-11,13-15H2,2-3H3;4,7-11,14,20-21H,1,5-6,12-13,15H2,2-3H3;4,6-10,13,19-20H,1,5,11-12,14H2,2-3H3/t21-,22-;20-,21-;19-,20-/m111/s1. The first-order valence-corrected chi connectivity index (χ1v) is 40.3. The molecule has 0 saturated carbocycles. The number of rotatable bonds is 16. The first kappa shape index (κ1) is 78.9. The minimum atomic E-state index is -0.628. The van der Waals surface area contributed by atoms with Crippen LogP contribution >= 0.6 is 34.8 Å². The summed E-state index contributed by atoms with van der Waals surface area (Å²) in [7, 11) is 5.90. The van der Waals surface area contributed by atoms with Gasteiger partial charge < -0.3 is 49.0 Å². The van der Waals surface area contributed by atoms with Crippen LogP contribution in [0.5, 0.6) is 0 Å². The third kappa shape index (κ3) is 13.1. The van der Waals surface area contributed by atoms with E-state index in [9.17, 15) is 27.6 Å². The number of amides is 3. The second kappa shape index (κ2) is 31.4. The van der Waals surface area contributed by atoms with Gasteiger partial charge in [-0.25, -0.2) is 41.3 Å². The third-order valence-electron chi connectivity index (χ3n) is 24.3. The molecule has 31 heteroatoms. The average molecular weight is 1660 g/mol. The molecular formula is C87H80Cl3F6N19O3. The molecule has 118 heavy (non-hydrogen) atoms. The van der Waals surface area contributed by atoms with Crippen LogP contribution in [-0.2, 0) is 14.4 Å². The quantitative estimate of drug-likeness (QED) is 0.0652. The number of hydrogen-bond acceptors (Lipinski definition) is 19. The predicted octanol–water partition coefficient (Wildman–Crippen LogP) is 15.3. The molecule has 6 aromatic heterocycles. The Hall–Kier alpha value is -11.6. The molecule has 7 aliphatic rings. The summed E-state index contributed by atoms with van der Waals surface area (Å²) in [5, 5.41) is 4.43. The maximum atomic E-state index is 16.5. The van der Waals surface area contributed by atoms with Crippen molar-refractivity contribution >= 4 is 153 Å². The molecule has 0 spiro atoms. The molecule has 0 N–H and O–H groups in total. The summed E-state index contributed by atoms with van der Waals surface area (Å²) in [6.45, 7) is 23.8. The van der Waals surface area contributed by atoms with Gasteiger partial charge in [-0.15, -0.1) is 0 Å². The van der Waals surface area contributed by atoms with E-state index in [1.165, 1.54) is 36.4 Å². The molecule has 0 radical (unpaired) electrons. The first-order valence-electron chi connectivity index (χ1n) is 39.1. The fraction of sp³-hybridized carbons (Fsp3) is 0.310. The van der Waals surface area contributed by atoms with Crippen LogP contribution in [0.25, 0.3) is 98.8 Å². The van der Waals surface area contributed by atoms with Crippen molar-refractivity contribution < 1.29 is 40.7 Å². The van der Waals surface area contributed by atoms with Gasteiger partial charge in [0.2, 0.25) is 35.6 Å². The lowest BCUT2D eigenvalue weighted by Crippen LogP contribution is -2.63. The summed E-state index contributed by atoms with van der Waals surface area (Å²) in [5.41, 5.74) is 1.70. The molecule has 13 heterocycles. The summed E-state index contributed by atoms with van der Waals surface area (Å²) in [6.07, 6.45) is 11.1. The van der Waals surface area contributed by atoms with E-state index in [-0.39, 0.29) is 103 Å². The molecule has 12 aromatic rings. The molecular weight excluding hydrogens is 1580 g/mol. The highest BCUT2D eigenvalue weighted by Crippen LogP contribution is 2.48. The highest BCUT2D eigenvalue weighted by molar-refractivity contribution is 6.38. The lowest BCUT2D eigenvalue weighted by Gasteiger charge is -2.48.